The normalized spacial score (nSPS) is 13.4. The van der Waals surface area contributed by atoms with E-state index in [1.165, 1.54) is 0 Å². The minimum absolute atomic E-state index is 0. The Balaban J connectivity index is 0.00000420. The van der Waals surface area contributed by atoms with Gasteiger partial charge in [-0.1, -0.05) is 6.07 Å². The first kappa shape index (κ1) is 25.1. The summed E-state index contributed by atoms with van der Waals surface area (Å²) >= 11 is 0. The van der Waals surface area contributed by atoms with Crippen LogP contribution in [0, 0.1) is 13.8 Å². The van der Waals surface area contributed by atoms with Gasteiger partial charge >= 0.3 is 0 Å². The zero-order chi connectivity index (χ0) is 20.7. The van der Waals surface area contributed by atoms with Crippen molar-refractivity contribution in [1.29, 1.82) is 0 Å². The zero-order valence-electron chi connectivity index (χ0n) is 17.7. The van der Waals surface area contributed by atoms with E-state index in [1.54, 1.807) is 20.1 Å². The summed E-state index contributed by atoms with van der Waals surface area (Å²) in [6.45, 7) is 8.88. The standard InChI is InChI=1S/C21H31N3O4.HI/c1-6-22-20(23-10-9-16-7-8-17(27-5)12-19(16)25)24-13-21(4,26)18-11-14(2)28-15(18)3;/h7-8,11-12,25-26H,6,9-10,13H2,1-5H3,(H2,22,23,24);1H. The molecular weight excluding hydrogens is 485 g/mol. The highest BCUT2D eigenvalue weighted by molar-refractivity contribution is 14.0. The van der Waals surface area contributed by atoms with Crippen LogP contribution in [0.2, 0.25) is 0 Å². The molecule has 0 bridgehead atoms. The quantitative estimate of drug-likeness (QED) is 0.244. The van der Waals surface area contributed by atoms with E-state index in [9.17, 15) is 10.2 Å². The van der Waals surface area contributed by atoms with Gasteiger partial charge < -0.3 is 30.0 Å². The molecule has 2 aromatic rings. The molecule has 1 heterocycles. The maximum absolute atomic E-state index is 10.8. The molecule has 8 heteroatoms. The van der Waals surface area contributed by atoms with E-state index in [1.807, 2.05) is 39.0 Å². The number of benzene rings is 1. The van der Waals surface area contributed by atoms with E-state index in [0.717, 1.165) is 16.9 Å². The molecule has 0 aliphatic carbocycles. The summed E-state index contributed by atoms with van der Waals surface area (Å²) < 4.78 is 10.6. The van der Waals surface area contributed by atoms with E-state index in [4.69, 9.17) is 9.15 Å². The number of hydrogen-bond donors (Lipinski definition) is 4. The van der Waals surface area contributed by atoms with Gasteiger partial charge in [0.15, 0.2) is 5.96 Å². The lowest BCUT2D eigenvalue weighted by Gasteiger charge is -2.21. The highest BCUT2D eigenvalue weighted by atomic mass is 127. The molecule has 0 saturated carbocycles. The lowest BCUT2D eigenvalue weighted by atomic mass is 9.96. The molecule has 0 aliphatic heterocycles. The Kier molecular flexibility index (Phi) is 9.78. The van der Waals surface area contributed by atoms with Crippen LogP contribution in [0.25, 0.3) is 0 Å². The van der Waals surface area contributed by atoms with Gasteiger partial charge in [0.2, 0.25) is 0 Å². The first-order valence-electron chi connectivity index (χ1n) is 9.44. The zero-order valence-corrected chi connectivity index (χ0v) is 20.0. The number of ether oxygens (including phenoxy) is 1. The second kappa shape index (κ2) is 11.3. The van der Waals surface area contributed by atoms with Gasteiger partial charge in [0.1, 0.15) is 28.6 Å². The van der Waals surface area contributed by atoms with Crippen molar-refractivity contribution in [3.8, 4) is 11.5 Å². The number of methoxy groups -OCH3 is 1. The minimum Gasteiger partial charge on any atom is -0.508 e. The maximum atomic E-state index is 10.8. The molecule has 1 atom stereocenters. The Bertz CT molecular complexity index is 818. The van der Waals surface area contributed by atoms with Crippen LogP contribution in [0.4, 0.5) is 0 Å². The highest BCUT2D eigenvalue weighted by Crippen LogP contribution is 2.27. The van der Waals surface area contributed by atoms with Gasteiger partial charge in [0.05, 0.1) is 13.7 Å². The highest BCUT2D eigenvalue weighted by Gasteiger charge is 2.27. The van der Waals surface area contributed by atoms with Gasteiger partial charge in [-0.05, 0) is 51.8 Å². The van der Waals surface area contributed by atoms with Crippen molar-refractivity contribution in [1.82, 2.24) is 10.6 Å². The van der Waals surface area contributed by atoms with Crippen molar-refractivity contribution in [3.63, 3.8) is 0 Å². The van der Waals surface area contributed by atoms with Crippen molar-refractivity contribution in [2.45, 2.75) is 39.7 Å². The van der Waals surface area contributed by atoms with Crippen LogP contribution in [-0.2, 0) is 12.0 Å². The van der Waals surface area contributed by atoms with Gasteiger partial charge in [-0.15, -0.1) is 24.0 Å². The fourth-order valence-electron chi connectivity index (χ4n) is 3.02. The topological polar surface area (TPSA) is 99.3 Å². The molecule has 0 fully saturated rings. The summed E-state index contributed by atoms with van der Waals surface area (Å²) in [5.74, 6) is 2.90. The number of furan rings is 1. The molecule has 162 valence electrons. The fraction of sp³-hybridized carbons (Fsp3) is 0.476. The van der Waals surface area contributed by atoms with Crippen molar-refractivity contribution in [3.05, 3.63) is 46.9 Å². The third-order valence-corrected chi connectivity index (χ3v) is 4.49. The van der Waals surface area contributed by atoms with E-state index < -0.39 is 5.60 Å². The lowest BCUT2D eigenvalue weighted by Crippen LogP contribution is -2.39. The van der Waals surface area contributed by atoms with Gasteiger partial charge in [-0.2, -0.15) is 0 Å². The molecule has 2 rings (SSSR count). The van der Waals surface area contributed by atoms with E-state index in [0.29, 0.717) is 37.0 Å². The molecule has 0 saturated heterocycles. The number of aryl methyl sites for hydroxylation is 2. The van der Waals surface area contributed by atoms with Crippen molar-refractivity contribution in [2.75, 3.05) is 26.7 Å². The van der Waals surface area contributed by atoms with Gasteiger partial charge in [0.25, 0.3) is 0 Å². The number of nitrogens with one attached hydrogen (secondary N) is 2. The monoisotopic (exact) mass is 517 g/mol. The number of aromatic hydroxyl groups is 1. The molecule has 4 N–H and O–H groups in total. The first-order valence-corrected chi connectivity index (χ1v) is 9.44. The summed E-state index contributed by atoms with van der Waals surface area (Å²) in [5, 5.41) is 27.3. The van der Waals surface area contributed by atoms with Crippen LogP contribution in [0.5, 0.6) is 11.5 Å². The summed E-state index contributed by atoms with van der Waals surface area (Å²) in [6.07, 6.45) is 0.622. The molecule has 0 amide bonds. The molecule has 29 heavy (non-hydrogen) atoms. The Labute approximate surface area is 189 Å². The second-order valence-electron chi connectivity index (χ2n) is 6.97. The number of aliphatic hydroxyl groups is 1. The van der Waals surface area contributed by atoms with Gasteiger partial charge in [-0.3, -0.25) is 0 Å². The number of aliphatic imine (C=N–C) groups is 1. The van der Waals surface area contributed by atoms with E-state index in [2.05, 4.69) is 15.6 Å². The number of hydrogen-bond acceptors (Lipinski definition) is 5. The molecule has 0 radical (unpaired) electrons. The van der Waals surface area contributed by atoms with Crippen LogP contribution in [0.1, 0.15) is 36.5 Å². The summed E-state index contributed by atoms with van der Waals surface area (Å²) in [5.41, 5.74) is 0.437. The third kappa shape index (κ3) is 7.11. The van der Waals surface area contributed by atoms with Crippen molar-refractivity contribution < 1.29 is 19.4 Å². The third-order valence-electron chi connectivity index (χ3n) is 4.49. The van der Waals surface area contributed by atoms with Crippen molar-refractivity contribution in [2.24, 2.45) is 4.99 Å². The molecule has 1 aromatic heterocycles. The molecule has 1 aromatic carbocycles. The largest absolute Gasteiger partial charge is 0.508 e. The Morgan fingerprint density at radius 3 is 2.52 bits per heavy atom. The van der Waals surface area contributed by atoms with E-state index >= 15 is 0 Å². The SMILES string of the molecule is CCNC(=NCC(C)(O)c1cc(C)oc1C)NCCc1ccc(OC)cc1O.I. The summed E-state index contributed by atoms with van der Waals surface area (Å²) in [4.78, 5) is 4.51. The summed E-state index contributed by atoms with van der Waals surface area (Å²) in [7, 11) is 1.57. The van der Waals surface area contributed by atoms with Crippen molar-refractivity contribution >= 4 is 29.9 Å². The average molecular weight is 517 g/mol. The van der Waals surface area contributed by atoms with Crippen LogP contribution in [-0.4, -0.2) is 42.9 Å². The minimum atomic E-state index is -1.13. The van der Waals surface area contributed by atoms with Crippen LogP contribution in [0.3, 0.4) is 0 Å². The molecule has 0 spiro atoms. The Morgan fingerprint density at radius 2 is 1.97 bits per heavy atom. The van der Waals surface area contributed by atoms with E-state index in [-0.39, 0.29) is 36.3 Å². The number of halogens is 1. The number of phenolic OH excluding ortho intramolecular Hbond substituents is 1. The van der Waals surface area contributed by atoms with Gasteiger partial charge in [-0.25, -0.2) is 4.99 Å². The molecular formula is C21H32IN3O4. The number of rotatable bonds is 8. The number of nitrogens with zero attached hydrogens (tertiary/aromatic N) is 1. The average Bonchev–Trinajstić information content (AvgIpc) is 3.00. The first-order chi connectivity index (χ1) is 13.3. The van der Waals surface area contributed by atoms with Crippen LogP contribution in [0.15, 0.2) is 33.7 Å². The Morgan fingerprint density at radius 1 is 1.24 bits per heavy atom. The summed E-state index contributed by atoms with van der Waals surface area (Å²) in [6, 6.07) is 7.11. The van der Waals surface area contributed by atoms with Gasteiger partial charge in [0, 0.05) is 24.7 Å². The molecule has 0 aliphatic rings. The fourth-order valence-corrected chi connectivity index (χ4v) is 3.02. The predicted molar refractivity (Wildman–Crippen MR) is 126 cm³/mol. The second-order valence-corrected chi connectivity index (χ2v) is 6.97. The smallest absolute Gasteiger partial charge is 0.191 e. The number of guanidine groups is 1. The molecule has 1 unspecified atom stereocenters. The van der Waals surface area contributed by atoms with Crippen LogP contribution < -0.4 is 15.4 Å². The molecule has 7 nitrogen and oxygen atoms in total. The predicted octanol–water partition coefficient (Wildman–Crippen LogP) is 3.23. The van der Waals surface area contributed by atoms with Crippen LogP contribution >= 0.6 is 24.0 Å². The Hall–Kier alpha value is -1.94. The lowest BCUT2D eigenvalue weighted by molar-refractivity contribution is 0.0657. The number of phenols is 1. The maximum Gasteiger partial charge on any atom is 0.191 e.